The molecule has 0 aromatic heterocycles. The highest BCUT2D eigenvalue weighted by Crippen LogP contribution is 2.52. The Kier molecular flexibility index (Phi) is 7.39. The van der Waals surface area contributed by atoms with Crippen molar-refractivity contribution in [3.63, 3.8) is 0 Å². The number of aryl methyl sites for hydroxylation is 2. The van der Waals surface area contributed by atoms with Crippen LogP contribution in [0.3, 0.4) is 0 Å². The van der Waals surface area contributed by atoms with Gasteiger partial charge in [0.25, 0.3) is 0 Å². The molecule has 1 atom stereocenters. The molecular formula is C32H25Cl2NOS. The van der Waals surface area contributed by atoms with Crippen LogP contribution < -0.4 is 0 Å². The lowest BCUT2D eigenvalue weighted by Crippen LogP contribution is -2.22. The van der Waals surface area contributed by atoms with E-state index in [0.717, 1.165) is 32.9 Å². The molecule has 2 nitrogen and oxygen atoms in total. The van der Waals surface area contributed by atoms with E-state index in [4.69, 9.17) is 28.2 Å². The Morgan fingerprint density at radius 2 is 1.32 bits per heavy atom. The quantitative estimate of drug-likeness (QED) is 0.227. The van der Waals surface area contributed by atoms with Crippen LogP contribution in [0.4, 0.5) is 0 Å². The van der Waals surface area contributed by atoms with E-state index in [9.17, 15) is 4.79 Å². The van der Waals surface area contributed by atoms with E-state index >= 15 is 0 Å². The highest BCUT2D eigenvalue weighted by Gasteiger charge is 2.42. The molecule has 0 spiro atoms. The predicted molar refractivity (Wildman–Crippen MR) is 158 cm³/mol. The Morgan fingerprint density at radius 1 is 0.784 bits per heavy atom. The van der Waals surface area contributed by atoms with E-state index in [2.05, 4.69) is 68.5 Å². The van der Waals surface area contributed by atoms with Gasteiger partial charge in [0.2, 0.25) is 0 Å². The standard InChI is InChI=1S/C32H25Cl2NOS/c1-21-3-7-23(8-4-21)19-30-31(25-11-17-28(34)18-12-25)35-32(37-30,26-13-5-22(2)6-14-26)20-29(36)24-9-15-27(33)16-10-24/h3-19H,20H2,1-2H3/b30-19-. The number of hydrogen-bond donors (Lipinski definition) is 0. The summed E-state index contributed by atoms with van der Waals surface area (Å²) in [5.41, 5.74) is 6.87. The van der Waals surface area contributed by atoms with E-state index < -0.39 is 4.87 Å². The Balaban J connectivity index is 1.65. The summed E-state index contributed by atoms with van der Waals surface area (Å²) < 4.78 is 0. The number of aliphatic imine (C=N–C) groups is 1. The van der Waals surface area contributed by atoms with E-state index in [1.165, 1.54) is 5.56 Å². The monoisotopic (exact) mass is 541 g/mol. The van der Waals surface area contributed by atoms with Crippen molar-refractivity contribution in [2.75, 3.05) is 0 Å². The molecule has 1 aliphatic rings. The molecule has 0 radical (unpaired) electrons. The first-order chi connectivity index (χ1) is 17.8. The maximum atomic E-state index is 13.6. The van der Waals surface area contributed by atoms with Crippen LogP contribution in [0.15, 0.2) is 107 Å². The number of carbonyl (C=O) groups is 1. The van der Waals surface area contributed by atoms with Gasteiger partial charge in [-0.05, 0) is 67.4 Å². The molecule has 0 bridgehead atoms. The summed E-state index contributed by atoms with van der Waals surface area (Å²) in [6.45, 7) is 4.13. The largest absolute Gasteiger partial charge is 0.294 e. The molecule has 0 aliphatic carbocycles. The number of hydrogen-bond acceptors (Lipinski definition) is 3. The summed E-state index contributed by atoms with van der Waals surface area (Å²) in [5, 5.41) is 1.27. The van der Waals surface area contributed by atoms with Gasteiger partial charge in [-0.1, -0.05) is 107 Å². The van der Waals surface area contributed by atoms with Gasteiger partial charge in [0.15, 0.2) is 5.78 Å². The fraction of sp³-hybridized carbons (Fsp3) is 0.125. The van der Waals surface area contributed by atoms with Crippen LogP contribution in [-0.2, 0) is 4.87 Å². The smallest absolute Gasteiger partial charge is 0.166 e. The average molecular weight is 543 g/mol. The number of benzene rings is 4. The molecule has 0 saturated heterocycles. The second-order valence-electron chi connectivity index (χ2n) is 9.25. The van der Waals surface area contributed by atoms with E-state index in [1.54, 1.807) is 36.0 Å². The first-order valence-electron chi connectivity index (χ1n) is 12.0. The summed E-state index contributed by atoms with van der Waals surface area (Å²) in [5.74, 6) is 0.0144. The summed E-state index contributed by atoms with van der Waals surface area (Å²) >= 11 is 13.9. The molecule has 5 heteroatoms. The van der Waals surface area contributed by atoms with Crippen molar-refractivity contribution in [2.24, 2.45) is 4.99 Å². The average Bonchev–Trinajstić information content (AvgIpc) is 3.25. The molecule has 0 saturated carbocycles. The lowest BCUT2D eigenvalue weighted by molar-refractivity contribution is 0.0970. The number of ketones is 1. The third-order valence-corrected chi connectivity index (χ3v) is 8.21. The van der Waals surface area contributed by atoms with E-state index in [0.29, 0.717) is 15.6 Å². The Labute approximate surface area is 232 Å². The zero-order valence-corrected chi connectivity index (χ0v) is 22.9. The SMILES string of the molecule is Cc1ccc(/C=C2\SC(CC(=O)c3ccc(Cl)cc3)(c3ccc(C)cc3)N=C2c2ccc(Cl)cc2)cc1. The van der Waals surface area contributed by atoms with Gasteiger partial charge < -0.3 is 0 Å². The van der Waals surface area contributed by atoms with Crippen molar-refractivity contribution in [3.05, 3.63) is 145 Å². The van der Waals surface area contributed by atoms with Gasteiger partial charge in [-0.25, -0.2) is 0 Å². The van der Waals surface area contributed by atoms with Crippen molar-refractivity contribution in [1.82, 2.24) is 0 Å². The second kappa shape index (κ2) is 10.7. The van der Waals surface area contributed by atoms with Crippen molar-refractivity contribution < 1.29 is 4.79 Å². The van der Waals surface area contributed by atoms with Crippen molar-refractivity contribution in [3.8, 4) is 0 Å². The molecule has 4 aromatic carbocycles. The van der Waals surface area contributed by atoms with Gasteiger partial charge in [0, 0.05) is 26.1 Å². The number of carbonyl (C=O) groups excluding carboxylic acids is 1. The summed E-state index contributed by atoms with van der Waals surface area (Å²) in [6, 6.07) is 31.5. The fourth-order valence-electron chi connectivity index (χ4n) is 4.29. The van der Waals surface area contributed by atoms with Crippen molar-refractivity contribution in [2.45, 2.75) is 25.1 Å². The van der Waals surface area contributed by atoms with Crippen LogP contribution in [0.2, 0.25) is 10.0 Å². The van der Waals surface area contributed by atoms with Crippen LogP contribution >= 0.6 is 35.0 Å². The van der Waals surface area contributed by atoms with Crippen LogP contribution in [0, 0.1) is 13.8 Å². The minimum atomic E-state index is -0.810. The molecule has 0 N–H and O–H groups in total. The van der Waals surface area contributed by atoms with Crippen molar-refractivity contribution in [1.29, 1.82) is 0 Å². The second-order valence-corrected chi connectivity index (χ2v) is 11.4. The normalized spacial score (nSPS) is 18.2. The maximum absolute atomic E-state index is 13.6. The number of halogens is 2. The van der Waals surface area contributed by atoms with Gasteiger partial charge in [-0.15, -0.1) is 0 Å². The zero-order chi connectivity index (χ0) is 26.0. The molecular weight excluding hydrogens is 517 g/mol. The Morgan fingerprint density at radius 3 is 1.92 bits per heavy atom. The fourth-order valence-corrected chi connectivity index (χ4v) is 5.95. The first kappa shape index (κ1) is 25.5. The number of rotatable bonds is 6. The lowest BCUT2D eigenvalue weighted by Gasteiger charge is -2.25. The molecule has 1 unspecified atom stereocenters. The maximum Gasteiger partial charge on any atom is 0.166 e. The van der Waals surface area contributed by atoms with E-state index in [-0.39, 0.29) is 12.2 Å². The minimum Gasteiger partial charge on any atom is -0.294 e. The van der Waals surface area contributed by atoms with Crippen molar-refractivity contribution >= 4 is 52.5 Å². The zero-order valence-electron chi connectivity index (χ0n) is 20.5. The lowest BCUT2D eigenvalue weighted by atomic mass is 9.96. The van der Waals surface area contributed by atoms with Gasteiger partial charge in [0.05, 0.1) is 12.1 Å². The molecule has 0 amide bonds. The Hall–Kier alpha value is -3.11. The number of allylic oxidation sites excluding steroid dienone is 1. The summed E-state index contributed by atoms with van der Waals surface area (Å²) in [4.78, 5) is 19.1. The van der Waals surface area contributed by atoms with Gasteiger partial charge in [0.1, 0.15) is 4.87 Å². The van der Waals surface area contributed by atoms with Gasteiger partial charge >= 0.3 is 0 Å². The predicted octanol–water partition coefficient (Wildman–Crippen LogP) is 9.31. The number of thioether (sulfide) groups is 1. The van der Waals surface area contributed by atoms with Crippen LogP contribution in [-0.4, -0.2) is 11.5 Å². The molecule has 5 rings (SSSR count). The highest BCUT2D eigenvalue weighted by atomic mass is 35.5. The molecule has 0 fully saturated rings. The number of nitrogens with zero attached hydrogens (tertiary/aromatic N) is 1. The molecule has 184 valence electrons. The molecule has 4 aromatic rings. The summed E-state index contributed by atoms with van der Waals surface area (Å²) in [6.07, 6.45) is 2.37. The molecule has 37 heavy (non-hydrogen) atoms. The Bertz CT molecular complexity index is 1490. The first-order valence-corrected chi connectivity index (χ1v) is 13.6. The molecule has 1 aliphatic heterocycles. The third kappa shape index (κ3) is 5.75. The van der Waals surface area contributed by atoms with Gasteiger partial charge in [-0.3, -0.25) is 9.79 Å². The van der Waals surface area contributed by atoms with Crippen LogP contribution in [0.1, 0.15) is 44.6 Å². The van der Waals surface area contributed by atoms with Gasteiger partial charge in [-0.2, -0.15) is 0 Å². The number of Topliss-reactive ketones (excluding diaryl/α,β-unsaturated/α-hetero) is 1. The topological polar surface area (TPSA) is 29.4 Å². The van der Waals surface area contributed by atoms with Crippen LogP contribution in [0.5, 0.6) is 0 Å². The molecule has 1 heterocycles. The van der Waals surface area contributed by atoms with Crippen LogP contribution in [0.25, 0.3) is 6.08 Å². The minimum absolute atomic E-state index is 0.0144. The third-order valence-electron chi connectivity index (χ3n) is 6.37. The van der Waals surface area contributed by atoms with E-state index in [1.807, 2.05) is 24.3 Å². The summed E-state index contributed by atoms with van der Waals surface area (Å²) in [7, 11) is 0. The highest BCUT2D eigenvalue weighted by molar-refractivity contribution is 8.05.